The van der Waals surface area contributed by atoms with Crippen LogP contribution in [0.15, 0.2) is 30.3 Å². The Morgan fingerprint density at radius 1 is 1.37 bits per heavy atom. The Bertz CT molecular complexity index is 556. The highest BCUT2D eigenvalue weighted by molar-refractivity contribution is 7.16. The molecule has 0 fully saturated rings. The summed E-state index contributed by atoms with van der Waals surface area (Å²) in [5.41, 5.74) is 5.07. The molecule has 3 N–H and O–H groups in total. The summed E-state index contributed by atoms with van der Waals surface area (Å²) in [5.74, 6) is 6.54. The maximum absolute atomic E-state index is 5.95. The Morgan fingerprint density at radius 2 is 2.16 bits per heavy atom. The largest absolute Gasteiger partial charge is 0.496 e. The van der Waals surface area contributed by atoms with Crippen molar-refractivity contribution in [3.63, 3.8) is 0 Å². The van der Waals surface area contributed by atoms with Gasteiger partial charge in [0, 0.05) is 16.9 Å². The van der Waals surface area contributed by atoms with Crippen LogP contribution >= 0.6 is 22.9 Å². The van der Waals surface area contributed by atoms with Gasteiger partial charge in [0.2, 0.25) is 0 Å². The first-order valence-electron chi connectivity index (χ1n) is 5.99. The molecule has 1 unspecified atom stereocenters. The van der Waals surface area contributed by atoms with Crippen molar-refractivity contribution in [3.8, 4) is 5.75 Å². The summed E-state index contributed by atoms with van der Waals surface area (Å²) in [6, 6.07) is 10.1. The zero-order chi connectivity index (χ0) is 13.8. The van der Waals surface area contributed by atoms with Gasteiger partial charge in [-0.2, -0.15) is 0 Å². The van der Waals surface area contributed by atoms with E-state index in [9.17, 15) is 0 Å². The smallest absolute Gasteiger partial charge is 0.123 e. The van der Waals surface area contributed by atoms with Crippen LogP contribution in [0.5, 0.6) is 5.75 Å². The van der Waals surface area contributed by atoms with Crippen LogP contribution in [0.4, 0.5) is 0 Å². The summed E-state index contributed by atoms with van der Waals surface area (Å²) in [5, 5.41) is 0. The van der Waals surface area contributed by atoms with Gasteiger partial charge in [-0.1, -0.05) is 23.7 Å². The van der Waals surface area contributed by atoms with Crippen LogP contribution in [-0.2, 0) is 6.42 Å². The first-order chi connectivity index (χ1) is 9.13. The third-order valence-electron chi connectivity index (χ3n) is 3.00. The molecule has 102 valence electrons. The molecular weight excluding hydrogens is 280 g/mol. The van der Waals surface area contributed by atoms with Crippen LogP contribution in [0, 0.1) is 6.92 Å². The third-order valence-corrected chi connectivity index (χ3v) is 4.25. The lowest BCUT2D eigenvalue weighted by molar-refractivity contribution is 0.399. The minimum atomic E-state index is 0.00488. The number of aryl methyl sites for hydroxylation is 1. The number of hydrogen-bond acceptors (Lipinski definition) is 4. The summed E-state index contributed by atoms with van der Waals surface area (Å²) in [6.07, 6.45) is 0.785. The normalized spacial score (nSPS) is 12.4. The van der Waals surface area contributed by atoms with Gasteiger partial charge in [-0.15, -0.1) is 11.3 Å². The molecule has 0 amide bonds. The number of halogens is 1. The van der Waals surface area contributed by atoms with Crippen LogP contribution < -0.4 is 16.0 Å². The van der Waals surface area contributed by atoms with Gasteiger partial charge < -0.3 is 4.74 Å². The van der Waals surface area contributed by atoms with Gasteiger partial charge in [-0.05, 0) is 30.7 Å². The lowest BCUT2D eigenvalue weighted by atomic mass is 10.0. The molecule has 0 spiro atoms. The maximum Gasteiger partial charge on any atom is 0.123 e. The quantitative estimate of drug-likeness (QED) is 0.656. The molecule has 1 aromatic heterocycles. The van der Waals surface area contributed by atoms with E-state index in [2.05, 4.69) is 11.5 Å². The van der Waals surface area contributed by atoms with E-state index in [0.717, 1.165) is 27.6 Å². The van der Waals surface area contributed by atoms with Gasteiger partial charge in [0.15, 0.2) is 0 Å². The molecular formula is C14H17ClN2OS. The fourth-order valence-electron chi connectivity index (χ4n) is 2.03. The number of hydrazine groups is 1. The molecule has 2 aromatic rings. The highest BCUT2D eigenvalue weighted by Crippen LogP contribution is 2.31. The van der Waals surface area contributed by atoms with Crippen molar-refractivity contribution < 1.29 is 4.74 Å². The number of hydrogen-bond donors (Lipinski definition) is 2. The average molecular weight is 297 g/mol. The number of rotatable bonds is 5. The predicted octanol–water partition coefficient (Wildman–Crippen LogP) is 3.47. The topological polar surface area (TPSA) is 47.3 Å². The molecule has 1 aromatic carbocycles. The Morgan fingerprint density at radius 3 is 2.74 bits per heavy atom. The molecule has 0 radical (unpaired) electrons. The minimum Gasteiger partial charge on any atom is -0.496 e. The summed E-state index contributed by atoms with van der Waals surface area (Å²) >= 11 is 7.53. The molecule has 1 heterocycles. The van der Waals surface area contributed by atoms with Crippen LogP contribution in [0.2, 0.25) is 4.34 Å². The van der Waals surface area contributed by atoms with E-state index in [1.807, 2.05) is 31.2 Å². The number of ether oxygens (including phenoxy) is 1. The number of benzene rings is 1. The van der Waals surface area contributed by atoms with Crippen molar-refractivity contribution >= 4 is 22.9 Å². The fraction of sp³-hybridized carbons (Fsp3) is 0.286. The summed E-state index contributed by atoms with van der Waals surface area (Å²) in [4.78, 5) is 1.19. The van der Waals surface area contributed by atoms with E-state index in [-0.39, 0.29) is 6.04 Å². The Kier molecular flexibility index (Phi) is 4.82. The standard InChI is InChI=1S/C14H17ClN2OS/c1-9-3-5-11(13(7-9)18-2)12(17-16)8-10-4-6-14(15)19-10/h3-7,12,17H,8,16H2,1-2H3. The second kappa shape index (κ2) is 6.39. The Labute approximate surface area is 122 Å². The maximum atomic E-state index is 5.95. The van der Waals surface area contributed by atoms with E-state index in [4.69, 9.17) is 22.2 Å². The van der Waals surface area contributed by atoms with Crippen molar-refractivity contribution in [2.75, 3.05) is 7.11 Å². The highest BCUT2D eigenvalue weighted by atomic mass is 35.5. The number of thiophene rings is 1. The SMILES string of the molecule is COc1cc(C)ccc1C(Cc1ccc(Cl)s1)NN. The van der Waals surface area contributed by atoms with Crippen molar-refractivity contribution in [1.82, 2.24) is 5.43 Å². The van der Waals surface area contributed by atoms with Crippen molar-refractivity contribution in [3.05, 3.63) is 50.7 Å². The molecule has 2 rings (SSSR count). The first kappa shape index (κ1) is 14.3. The number of nitrogens with two attached hydrogens (primary N) is 1. The molecule has 0 saturated heterocycles. The second-order valence-electron chi connectivity index (χ2n) is 4.37. The van der Waals surface area contributed by atoms with Crippen LogP contribution in [0.3, 0.4) is 0 Å². The zero-order valence-electron chi connectivity index (χ0n) is 10.9. The third kappa shape index (κ3) is 3.48. The predicted molar refractivity (Wildman–Crippen MR) is 80.8 cm³/mol. The van der Waals surface area contributed by atoms with E-state index in [1.54, 1.807) is 18.4 Å². The molecule has 0 saturated carbocycles. The molecule has 1 atom stereocenters. The van der Waals surface area contributed by atoms with E-state index in [1.165, 1.54) is 4.88 Å². The molecule has 19 heavy (non-hydrogen) atoms. The van der Waals surface area contributed by atoms with E-state index < -0.39 is 0 Å². The van der Waals surface area contributed by atoms with Gasteiger partial charge in [0.05, 0.1) is 17.5 Å². The van der Waals surface area contributed by atoms with Gasteiger partial charge >= 0.3 is 0 Å². The Hall–Kier alpha value is -1.07. The second-order valence-corrected chi connectivity index (χ2v) is 6.17. The van der Waals surface area contributed by atoms with E-state index in [0.29, 0.717) is 0 Å². The highest BCUT2D eigenvalue weighted by Gasteiger charge is 2.16. The van der Waals surface area contributed by atoms with Gasteiger partial charge in [0.25, 0.3) is 0 Å². The summed E-state index contributed by atoms with van der Waals surface area (Å²) in [6.45, 7) is 2.04. The van der Waals surface area contributed by atoms with Crippen LogP contribution in [-0.4, -0.2) is 7.11 Å². The lowest BCUT2D eigenvalue weighted by Gasteiger charge is -2.19. The summed E-state index contributed by atoms with van der Waals surface area (Å²) in [7, 11) is 1.67. The van der Waals surface area contributed by atoms with E-state index >= 15 is 0 Å². The number of nitrogens with one attached hydrogen (secondary N) is 1. The van der Waals surface area contributed by atoms with Crippen molar-refractivity contribution in [2.45, 2.75) is 19.4 Å². The number of methoxy groups -OCH3 is 1. The summed E-state index contributed by atoms with van der Waals surface area (Å²) < 4.78 is 6.23. The van der Waals surface area contributed by atoms with Crippen molar-refractivity contribution in [1.29, 1.82) is 0 Å². The molecule has 5 heteroatoms. The Balaban J connectivity index is 2.26. The molecule has 0 aliphatic heterocycles. The monoisotopic (exact) mass is 296 g/mol. The van der Waals surface area contributed by atoms with Gasteiger partial charge in [-0.25, -0.2) is 0 Å². The van der Waals surface area contributed by atoms with Crippen LogP contribution in [0.1, 0.15) is 22.0 Å². The van der Waals surface area contributed by atoms with Gasteiger partial charge in [-0.3, -0.25) is 11.3 Å². The fourth-order valence-corrected chi connectivity index (χ4v) is 3.16. The molecule has 0 bridgehead atoms. The molecule has 3 nitrogen and oxygen atoms in total. The van der Waals surface area contributed by atoms with Crippen LogP contribution in [0.25, 0.3) is 0 Å². The van der Waals surface area contributed by atoms with Crippen molar-refractivity contribution in [2.24, 2.45) is 5.84 Å². The lowest BCUT2D eigenvalue weighted by Crippen LogP contribution is -2.29. The van der Waals surface area contributed by atoms with Gasteiger partial charge in [0.1, 0.15) is 5.75 Å². The average Bonchev–Trinajstić information content (AvgIpc) is 2.81. The molecule has 0 aliphatic carbocycles. The minimum absolute atomic E-state index is 0.00488. The zero-order valence-corrected chi connectivity index (χ0v) is 12.5. The first-order valence-corrected chi connectivity index (χ1v) is 7.18. The molecule has 0 aliphatic rings.